The largest absolute Gasteiger partial charge is 0.314 e. The molecule has 1 fully saturated rings. The third-order valence-electron chi connectivity index (χ3n) is 4.77. The second-order valence-electron chi connectivity index (χ2n) is 6.04. The Bertz CT molecular complexity index is 402. The highest BCUT2D eigenvalue weighted by atomic mass is 15.3. The number of hydrogen-bond donors (Lipinski definition) is 1. The highest BCUT2D eigenvalue weighted by Gasteiger charge is 2.25. The Balaban J connectivity index is 2.11. The molecule has 1 aliphatic carbocycles. The fourth-order valence-corrected chi connectivity index (χ4v) is 3.54. The van der Waals surface area contributed by atoms with Crippen LogP contribution in [0.15, 0.2) is 0 Å². The van der Waals surface area contributed by atoms with Gasteiger partial charge < -0.3 is 5.32 Å². The lowest BCUT2D eigenvalue weighted by atomic mass is 9.81. The summed E-state index contributed by atoms with van der Waals surface area (Å²) < 4.78 is 2.02. The molecule has 0 spiro atoms. The molecule has 0 saturated heterocycles. The molecular formula is C16H29N3. The molecule has 1 N–H and O–H groups in total. The highest BCUT2D eigenvalue weighted by molar-refractivity contribution is 5.25. The maximum absolute atomic E-state index is 4.56. The summed E-state index contributed by atoms with van der Waals surface area (Å²) in [5, 5.41) is 8.29. The molecule has 0 aliphatic heterocycles. The first-order chi connectivity index (χ1) is 9.13. The minimum absolute atomic E-state index is 0.631. The van der Waals surface area contributed by atoms with Crippen LogP contribution in [0.1, 0.15) is 56.0 Å². The van der Waals surface area contributed by atoms with Crippen molar-refractivity contribution < 1.29 is 0 Å². The van der Waals surface area contributed by atoms with Gasteiger partial charge in [-0.2, -0.15) is 5.10 Å². The molecule has 1 aromatic rings. The molecule has 1 unspecified atom stereocenters. The predicted molar refractivity (Wildman–Crippen MR) is 80.4 cm³/mol. The summed E-state index contributed by atoms with van der Waals surface area (Å²) in [6.45, 7) is 7.63. The molecule has 1 saturated carbocycles. The molecule has 1 aromatic heterocycles. The molecule has 3 nitrogen and oxygen atoms in total. The van der Waals surface area contributed by atoms with Crippen molar-refractivity contribution in [2.24, 2.45) is 13.0 Å². The van der Waals surface area contributed by atoms with Crippen LogP contribution in [-0.2, 0) is 13.5 Å². The SMILES string of the molecule is CCNC(Cc1c(C)nn(C)c1C)C1CCCCC1. The first kappa shape index (κ1) is 14.6. The van der Waals surface area contributed by atoms with E-state index in [4.69, 9.17) is 0 Å². The van der Waals surface area contributed by atoms with Gasteiger partial charge in [0.05, 0.1) is 5.69 Å². The van der Waals surface area contributed by atoms with Gasteiger partial charge in [-0.1, -0.05) is 26.2 Å². The zero-order chi connectivity index (χ0) is 13.8. The molecule has 1 heterocycles. The van der Waals surface area contributed by atoms with Crippen LogP contribution in [0.3, 0.4) is 0 Å². The molecule has 3 heteroatoms. The maximum atomic E-state index is 4.56. The highest BCUT2D eigenvalue weighted by Crippen LogP contribution is 2.29. The van der Waals surface area contributed by atoms with Gasteiger partial charge in [-0.25, -0.2) is 0 Å². The Kier molecular flexibility index (Phi) is 5.03. The van der Waals surface area contributed by atoms with E-state index in [1.807, 2.05) is 4.68 Å². The van der Waals surface area contributed by atoms with Gasteiger partial charge >= 0.3 is 0 Å². The van der Waals surface area contributed by atoms with Gasteiger partial charge in [0.25, 0.3) is 0 Å². The lowest BCUT2D eigenvalue weighted by Crippen LogP contribution is -2.39. The van der Waals surface area contributed by atoms with E-state index in [-0.39, 0.29) is 0 Å². The molecule has 19 heavy (non-hydrogen) atoms. The minimum atomic E-state index is 0.631. The van der Waals surface area contributed by atoms with Gasteiger partial charge in [0, 0.05) is 18.8 Å². The number of hydrogen-bond acceptors (Lipinski definition) is 2. The normalized spacial score (nSPS) is 18.7. The van der Waals surface area contributed by atoms with Crippen LogP contribution in [0.2, 0.25) is 0 Å². The molecule has 0 amide bonds. The van der Waals surface area contributed by atoms with Crippen molar-refractivity contribution in [2.45, 2.75) is 65.3 Å². The Morgan fingerprint density at radius 3 is 2.47 bits per heavy atom. The van der Waals surface area contributed by atoms with Gasteiger partial charge in [0.2, 0.25) is 0 Å². The minimum Gasteiger partial charge on any atom is -0.314 e. The van der Waals surface area contributed by atoms with Gasteiger partial charge in [0.15, 0.2) is 0 Å². The second-order valence-corrected chi connectivity index (χ2v) is 6.04. The van der Waals surface area contributed by atoms with E-state index in [1.54, 1.807) is 0 Å². The van der Waals surface area contributed by atoms with E-state index >= 15 is 0 Å². The molecule has 0 radical (unpaired) electrons. The number of aryl methyl sites for hydroxylation is 2. The average Bonchev–Trinajstić information content (AvgIpc) is 2.65. The van der Waals surface area contributed by atoms with E-state index in [0.717, 1.165) is 18.9 Å². The van der Waals surface area contributed by atoms with E-state index in [2.05, 4.69) is 38.2 Å². The molecule has 1 aliphatic rings. The zero-order valence-corrected chi connectivity index (χ0v) is 13.0. The summed E-state index contributed by atoms with van der Waals surface area (Å²) in [5.74, 6) is 0.854. The van der Waals surface area contributed by atoms with Crippen molar-refractivity contribution in [1.82, 2.24) is 15.1 Å². The Morgan fingerprint density at radius 2 is 1.95 bits per heavy atom. The standard InChI is InChI=1S/C16H29N3/c1-5-17-16(14-9-7-6-8-10-14)11-15-12(2)18-19(4)13(15)3/h14,16-17H,5-11H2,1-4H3. The van der Waals surface area contributed by atoms with Crippen LogP contribution in [0.25, 0.3) is 0 Å². The quantitative estimate of drug-likeness (QED) is 0.884. The van der Waals surface area contributed by atoms with Crippen molar-refractivity contribution in [3.8, 4) is 0 Å². The fraction of sp³-hybridized carbons (Fsp3) is 0.812. The van der Waals surface area contributed by atoms with E-state index in [0.29, 0.717) is 6.04 Å². The summed E-state index contributed by atoms with van der Waals surface area (Å²) in [6.07, 6.45) is 8.20. The lowest BCUT2D eigenvalue weighted by Gasteiger charge is -2.31. The summed E-state index contributed by atoms with van der Waals surface area (Å²) in [4.78, 5) is 0. The Hall–Kier alpha value is -0.830. The van der Waals surface area contributed by atoms with Crippen LogP contribution >= 0.6 is 0 Å². The third kappa shape index (κ3) is 3.38. The van der Waals surface area contributed by atoms with Crippen molar-refractivity contribution in [3.05, 3.63) is 17.0 Å². The fourth-order valence-electron chi connectivity index (χ4n) is 3.54. The molecule has 2 rings (SSSR count). The van der Waals surface area contributed by atoms with E-state index < -0.39 is 0 Å². The topological polar surface area (TPSA) is 29.9 Å². The van der Waals surface area contributed by atoms with Gasteiger partial charge in [-0.3, -0.25) is 4.68 Å². The first-order valence-corrected chi connectivity index (χ1v) is 7.86. The number of nitrogens with zero attached hydrogens (tertiary/aromatic N) is 2. The van der Waals surface area contributed by atoms with Gasteiger partial charge in [-0.05, 0) is 51.1 Å². The predicted octanol–water partition coefficient (Wildman–Crippen LogP) is 3.14. The maximum Gasteiger partial charge on any atom is 0.0628 e. The number of nitrogens with one attached hydrogen (secondary N) is 1. The summed E-state index contributed by atoms with van der Waals surface area (Å²) in [7, 11) is 2.05. The van der Waals surface area contributed by atoms with E-state index in [9.17, 15) is 0 Å². The van der Waals surface area contributed by atoms with Crippen molar-refractivity contribution in [1.29, 1.82) is 0 Å². The Morgan fingerprint density at radius 1 is 1.26 bits per heavy atom. The number of aromatic nitrogens is 2. The molecule has 1 atom stereocenters. The van der Waals surface area contributed by atoms with Crippen LogP contribution in [0.5, 0.6) is 0 Å². The Labute approximate surface area is 117 Å². The third-order valence-corrected chi connectivity index (χ3v) is 4.77. The first-order valence-electron chi connectivity index (χ1n) is 7.86. The van der Waals surface area contributed by atoms with Crippen LogP contribution < -0.4 is 5.32 Å². The van der Waals surface area contributed by atoms with Crippen molar-refractivity contribution in [3.63, 3.8) is 0 Å². The summed E-state index contributed by atoms with van der Waals surface area (Å²) in [6, 6.07) is 0.631. The summed E-state index contributed by atoms with van der Waals surface area (Å²) in [5.41, 5.74) is 3.99. The number of likely N-dealkylation sites (N-methyl/N-ethyl adjacent to an activating group) is 1. The average molecular weight is 263 g/mol. The molecular weight excluding hydrogens is 234 g/mol. The lowest BCUT2D eigenvalue weighted by molar-refractivity contribution is 0.269. The second kappa shape index (κ2) is 6.56. The molecule has 0 aromatic carbocycles. The smallest absolute Gasteiger partial charge is 0.0628 e. The van der Waals surface area contributed by atoms with E-state index in [1.165, 1.54) is 49.1 Å². The monoisotopic (exact) mass is 263 g/mol. The number of rotatable bonds is 5. The van der Waals surface area contributed by atoms with Gasteiger partial charge in [0.1, 0.15) is 0 Å². The van der Waals surface area contributed by atoms with Crippen LogP contribution in [0, 0.1) is 19.8 Å². The van der Waals surface area contributed by atoms with Crippen molar-refractivity contribution >= 4 is 0 Å². The summed E-state index contributed by atoms with van der Waals surface area (Å²) >= 11 is 0. The van der Waals surface area contributed by atoms with Gasteiger partial charge in [-0.15, -0.1) is 0 Å². The molecule has 108 valence electrons. The zero-order valence-electron chi connectivity index (χ0n) is 13.0. The van der Waals surface area contributed by atoms with Crippen LogP contribution in [-0.4, -0.2) is 22.4 Å². The molecule has 0 bridgehead atoms. The van der Waals surface area contributed by atoms with Crippen LogP contribution in [0.4, 0.5) is 0 Å². The van der Waals surface area contributed by atoms with Crippen molar-refractivity contribution in [2.75, 3.05) is 6.54 Å².